The molecule has 0 saturated heterocycles. The van der Waals surface area contributed by atoms with Crippen LogP contribution in [0.3, 0.4) is 0 Å². The van der Waals surface area contributed by atoms with Crippen LogP contribution in [0.4, 0.5) is 5.69 Å². The quantitative estimate of drug-likeness (QED) is 0.609. The molecule has 31 heavy (non-hydrogen) atoms. The van der Waals surface area contributed by atoms with Crippen molar-refractivity contribution in [3.05, 3.63) is 58.5 Å². The number of allylic oxidation sites excluding steroid dienone is 1. The predicted octanol–water partition coefficient (Wildman–Crippen LogP) is 3.84. The second kappa shape index (κ2) is 9.42. The third kappa shape index (κ3) is 4.94. The highest BCUT2D eigenvalue weighted by molar-refractivity contribution is 7.96. The largest absolute Gasteiger partial charge is 0.492 e. The number of anilines is 1. The number of ether oxygens (including phenoxy) is 1. The number of sulfonamides is 2. The minimum absolute atomic E-state index is 0.0142. The lowest BCUT2D eigenvalue weighted by atomic mass is 9.98. The van der Waals surface area contributed by atoms with Gasteiger partial charge >= 0.3 is 0 Å². The monoisotopic (exact) mass is 464 g/mol. The van der Waals surface area contributed by atoms with Crippen LogP contribution in [0.25, 0.3) is 6.08 Å². The van der Waals surface area contributed by atoms with Gasteiger partial charge in [0.1, 0.15) is 5.75 Å². The Morgan fingerprint density at radius 1 is 0.968 bits per heavy atom. The Hall–Kier alpha value is -2.36. The Bertz CT molecular complexity index is 1180. The zero-order valence-corrected chi connectivity index (χ0v) is 19.6. The SMILES string of the molecule is CCOc1ccc(S(=O)(=O)N(CC)CC)cc1NS(=O)(=O)C1=Cc2ccccc2CC1. The second-order valence-corrected chi connectivity index (χ2v) is 10.8. The van der Waals surface area contributed by atoms with Gasteiger partial charge in [0.25, 0.3) is 10.0 Å². The summed E-state index contributed by atoms with van der Waals surface area (Å²) in [6.45, 7) is 6.24. The van der Waals surface area contributed by atoms with Gasteiger partial charge in [-0.25, -0.2) is 16.8 Å². The molecule has 0 aromatic heterocycles. The zero-order valence-electron chi connectivity index (χ0n) is 18.0. The number of nitrogens with zero attached hydrogens (tertiary/aromatic N) is 1. The van der Waals surface area contributed by atoms with Gasteiger partial charge in [0.05, 0.1) is 22.1 Å². The van der Waals surface area contributed by atoms with Crippen molar-refractivity contribution >= 4 is 31.8 Å². The van der Waals surface area contributed by atoms with Crippen molar-refractivity contribution < 1.29 is 21.6 Å². The van der Waals surface area contributed by atoms with E-state index >= 15 is 0 Å². The van der Waals surface area contributed by atoms with Crippen LogP contribution in [-0.4, -0.2) is 40.8 Å². The van der Waals surface area contributed by atoms with Crippen molar-refractivity contribution in [3.63, 3.8) is 0 Å². The lowest BCUT2D eigenvalue weighted by molar-refractivity contribution is 0.342. The maximum Gasteiger partial charge on any atom is 0.258 e. The van der Waals surface area contributed by atoms with E-state index in [9.17, 15) is 16.8 Å². The van der Waals surface area contributed by atoms with E-state index in [-0.39, 0.29) is 21.2 Å². The van der Waals surface area contributed by atoms with Crippen LogP contribution in [-0.2, 0) is 26.5 Å². The van der Waals surface area contributed by atoms with Gasteiger partial charge < -0.3 is 4.74 Å². The summed E-state index contributed by atoms with van der Waals surface area (Å²) in [5, 5.41) is 0. The molecule has 0 aliphatic heterocycles. The zero-order chi connectivity index (χ0) is 22.6. The number of hydrogen-bond acceptors (Lipinski definition) is 5. The molecule has 2 aromatic carbocycles. The number of aryl methyl sites for hydroxylation is 1. The summed E-state index contributed by atoms with van der Waals surface area (Å²) < 4.78 is 61.5. The summed E-state index contributed by atoms with van der Waals surface area (Å²) in [4.78, 5) is 0.269. The Labute approximate surface area is 184 Å². The first-order chi connectivity index (χ1) is 14.7. The highest BCUT2D eigenvalue weighted by atomic mass is 32.2. The fourth-order valence-corrected chi connectivity index (χ4v) is 6.29. The smallest absolute Gasteiger partial charge is 0.258 e. The Kier molecular flexibility index (Phi) is 7.08. The summed E-state index contributed by atoms with van der Waals surface area (Å²) in [6, 6.07) is 11.9. The minimum atomic E-state index is -3.89. The molecule has 7 nitrogen and oxygen atoms in total. The lowest BCUT2D eigenvalue weighted by Crippen LogP contribution is -2.30. The molecule has 0 atom stereocenters. The lowest BCUT2D eigenvalue weighted by Gasteiger charge is -2.21. The standard InChI is InChI=1S/C22H28N2O5S2/c1-4-24(5-2)31(27,28)20-13-14-22(29-6-3)21(16-20)23-30(25,26)19-12-11-17-9-7-8-10-18(17)15-19/h7-10,13-16,23H,4-6,11-12H2,1-3H3. The van der Waals surface area contributed by atoms with Crippen molar-refractivity contribution in [2.75, 3.05) is 24.4 Å². The molecule has 0 amide bonds. The van der Waals surface area contributed by atoms with Crippen LogP contribution in [0.1, 0.15) is 38.3 Å². The average molecular weight is 465 g/mol. The number of hydrogen-bond donors (Lipinski definition) is 1. The topological polar surface area (TPSA) is 92.8 Å². The van der Waals surface area contributed by atoms with Crippen molar-refractivity contribution in [3.8, 4) is 5.75 Å². The van der Waals surface area contributed by atoms with Crippen LogP contribution >= 0.6 is 0 Å². The predicted molar refractivity (Wildman–Crippen MR) is 123 cm³/mol. The molecule has 0 radical (unpaired) electrons. The molecular formula is C22H28N2O5S2. The molecule has 0 fully saturated rings. The summed E-state index contributed by atoms with van der Waals surface area (Å²) >= 11 is 0. The molecule has 0 heterocycles. The van der Waals surface area contributed by atoms with Crippen molar-refractivity contribution in [1.82, 2.24) is 4.31 Å². The fourth-order valence-electron chi connectivity index (χ4n) is 3.57. The van der Waals surface area contributed by atoms with Gasteiger partial charge in [-0.05, 0) is 55.2 Å². The van der Waals surface area contributed by atoms with Crippen LogP contribution in [0.15, 0.2) is 52.3 Å². The van der Waals surface area contributed by atoms with Gasteiger partial charge in [0.2, 0.25) is 10.0 Å². The maximum atomic E-state index is 13.1. The minimum Gasteiger partial charge on any atom is -0.492 e. The van der Waals surface area contributed by atoms with Gasteiger partial charge in [0.15, 0.2) is 0 Å². The van der Waals surface area contributed by atoms with Crippen molar-refractivity contribution in [1.29, 1.82) is 0 Å². The van der Waals surface area contributed by atoms with E-state index in [2.05, 4.69) is 4.72 Å². The molecule has 0 bridgehead atoms. The first kappa shape index (κ1) is 23.3. The Morgan fingerprint density at radius 3 is 2.35 bits per heavy atom. The first-order valence-electron chi connectivity index (χ1n) is 10.3. The third-order valence-electron chi connectivity index (χ3n) is 5.20. The molecule has 9 heteroatoms. The Balaban J connectivity index is 2.00. The normalized spacial score (nSPS) is 14.1. The van der Waals surface area contributed by atoms with E-state index in [1.165, 1.54) is 22.5 Å². The van der Waals surface area contributed by atoms with Gasteiger partial charge in [0, 0.05) is 13.1 Å². The first-order valence-corrected chi connectivity index (χ1v) is 13.2. The number of benzene rings is 2. The van der Waals surface area contributed by atoms with Gasteiger partial charge in [-0.2, -0.15) is 4.31 Å². The molecule has 0 spiro atoms. The highest BCUT2D eigenvalue weighted by Gasteiger charge is 2.26. The van der Waals surface area contributed by atoms with Gasteiger partial charge in [-0.15, -0.1) is 0 Å². The molecule has 1 N–H and O–H groups in total. The molecule has 0 saturated carbocycles. The third-order valence-corrected chi connectivity index (χ3v) is 8.74. The molecule has 3 rings (SSSR count). The molecule has 1 aliphatic carbocycles. The second-order valence-electron chi connectivity index (χ2n) is 7.10. The van der Waals surface area contributed by atoms with E-state index in [4.69, 9.17) is 4.74 Å². The summed E-state index contributed by atoms with van der Waals surface area (Å²) in [6.07, 6.45) is 2.66. The summed E-state index contributed by atoms with van der Waals surface area (Å²) in [5.41, 5.74) is 2.08. The van der Waals surface area contributed by atoms with Crippen molar-refractivity contribution in [2.24, 2.45) is 0 Å². The van der Waals surface area contributed by atoms with Crippen molar-refractivity contribution in [2.45, 2.75) is 38.5 Å². The molecular weight excluding hydrogens is 436 g/mol. The maximum absolute atomic E-state index is 13.1. The molecule has 2 aromatic rings. The number of fused-ring (bicyclic) bond motifs is 1. The van der Waals surface area contributed by atoms with E-state index in [1.807, 2.05) is 24.3 Å². The average Bonchev–Trinajstić information content (AvgIpc) is 2.75. The fraction of sp³-hybridized carbons (Fsp3) is 0.364. The van der Waals surface area contributed by atoms with E-state index in [1.54, 1.807) is 26.8 Å². The van der Waals surface area contributed by atoms with Crippen LogP contribution in [0.5, 0.6) is 5.75 Å². The molecule has 168 valence electrons. The van der Waals surface area contributed by atoms with Crippen LogP contribution in [0, 0.1) is 0 Å². The number of rotatable bonds is 9. The summed E-state index contributed by atoms with van der Waals surface area (Å²) in [5.74, 6) is 0.279. The molecule has 1 aliphatic rings. The van der Waals surface area contributed by atoms with E-state index in [0.29, 0.717) is 32.5 Å². The highest BCUT2D eigenvalue weighted by Crippen LogP contribution is 2.33. The Morgan fingerprint density at radius 2 is 1.68 bits per heavy atom. The number of nitrogens with one attached hydrogen (secondary N) is 1. The summed E-state index contributed by atoms with van der Waals surface area (Å²) in [7, 11) is -7.64. The van der Waals surface area contributed by atoms with Crippen LogP contribution in [0.2, 0.25) is 0 Å². The molecule has 0 unspecified atom stereocenters. The van der Waals surface area contributed by atoms with Gasteiger partial charge in [-0.3, -0.25) is 4.72 Å². The van der Waals surface area contributed by atoms with E-state index in [0.717, 1.165) is 11.1 Å². The van der Waals surface area contributed by atoms with Gasteiger partial charge in [-0.1, -0.05) is 38.1 Å². The van der Waals surface area contributed by atoms with E-state index < -0.39 is 20.0 Å². The van der Waals surface area contributed by atoms with Crippen LogP contribution < -0.4 is 9.46 Å².